The monoisotopic (exact) mass is 264 g/mol. The van der Waals surface area contributed by atoms with E-state index in [2.05, 4.69) is 11.9 Å². The van der Waals surface area contributed by atoms with Crippen molar-refractivity contribution < 1.29 is 4.74 Å². The smallest absolute Gasteiger partial charge is 0.234 e. The van der Waals surface area contributed by atoms with Gasteiger partial charge in [0.1, 0.15) is 17.2 Å². The fourth-order valence-electron chi connectivity index (χ4n) is 2.53. The van der Waals surface area contributed by atoms with E-state index >= 15 is 0 Å². The maximum Gasteiger partial charge on any atom is 0.234 e. The summed E-state index contributed by atoms with van der Waals surface area (Å²) >= 11 is 6.11. The van der Waals surface area contributed by atoms with Gasteiger partial charge in [-0.25, -0.2) is 4.98 Å². The summed E-state index contributed by atoms with van der Waals surface area (Å²) in [5.41, 5.74) is 0.422. The summed E-state index contributed by atoms with van der Waals surface area (Å²) in [5.74, 6) is 0.975. The highest BCUT2D eigenvalue weighted by Crippen LogP contribution is 2.33. The number of hydrogen-bond donors (Lipinski definition) is 0. The summed E-state index contributed by atoms with van der Waals surface area (Å²) in [6.07, 6.45) is 7.59. The van der Waals surface area contributed by atoms with E-state index in [0.717, 1.165) is 12.8 Å². The molecule has 96 valence electrons. The van der Waals surface area contributed by atoms with E-state index < -0.39 is 0 Å². The molecular weight excluding hydrogens is 248 g/mol. The molecule has 0 amide bonds. The fraction of sp³-hybridized carbons (Fsp3) is 0.571. The standard InChI is InChI=1S/C14H17ClN2O/c1-2-10-5-3-4-6-12(10)18-14-13(15)11(9-16)7-8-17-14/h7-8,10,12H,2-6H2,1H3. The number of halogens is 1. The van der Waals surface area contributed by atoms with Crippen molar-refractivity contribution in [3.05, 3.63) is 22.8 Å². The normalized spacial score (nSPS) is 23.4. The Hall–Kier alpha value is -1.27. The van der Waals surface area contributed by atoms with Gasteiger partial charge in [-0.3, -0.25) is 0 Å². The molecule has 4 heteroatoms. The Morgan fingerprint density at radius 1 is 1.50 bits per heavy atom. The second-order valence-corrected chi connectivity index (χ2v) is 5.08. The molecule has 1 fully saturated rings. The molecule has 1 saturated carbocycles. The zero-order valence-electron chi connectivity index (χ0n) is 10.5. The van der Waals surface area contributed by atoms with E-state index in [-0.39, 0.29) is 6.10 Å². The number of aromatic nitrogens is 1. The Bertz CT molecular complexity index is 456. The van der Waals surface area contributed by atoms with Crippen LogP contribution in [0.4, 0.5) is 0 Å². The molecule has 1 aromatic heterocycles. The fourth-order valence-corrected chi connectivity index (χ4v) is 2.73. The number of nitrogens with zero attached hydrogens (tertiary/aromatic N) is 2. The molecule has 0 aliphatic heterocycles. The average molecular weight is 265 g/mol. The van der Waals surface area contributed by atoms with Gasteiger partial charge < -0.3 is 4.74 Å². The van der Waals surface area contributed by atoms with Gasteiger partial charge in [-0.1, -0.05) is 24.9 Å². The van der Waals surface area contributed by atoms with Crippen LogP contribution in [0.25, 0.3) is 0 Å². The van der Waals surface area contributed by atoms with Crippen molar-refractivity contribution in [2.75, 3.05) is 0 Å². The summed E-state index contributed by atoms with van der Waals surface area (Å²) in [4.78, 5) is 4.14. The lowest BCUT2D eigenvalue weighted by atomic mass is 9.85. The Labute approximate surface area is 113 Å². The maximum absolute atomic E-state index is 8.93. The largest absolute Gasteiger partial charge is 0.473 e. The number of nitriles is 1. The van der Waals surface area contributed by atoms with Crippen molar-refractivity contribution in [1.82, 2.24) is 4.98 Å². The van der Waals surface area contributed by atoms with E-state index in [4.69, 9.17) is 21.6 Å². The number of rotatable bonds is 3. The van der Waals surface area contributed by atoms with Crippen LogP contribution >= 0.6 is 11.6 Å². The third-order valence-corrected chi connectivity index (χ3v) is 3.97. The van der Waals surface area contributed by atoms with E-state index in [1.807, 2.05) is 6.07 Å². The molecule has 2 atom stereocenters. The highest BCUT2D eigenvalue weighted by atomic mass is 35.5. The molecule has 0 radical (unpaired) electrons. The molecule has 1 aliphatic carbocycles. The van der Waals surface area contributed by atoms with Crippen LogP contribution in [0.15, 0.2) is 12.3 Å². The molecule has 0 N–H and O–H groups in total. The first-order valence-electron chi connectivity index (χ1n) is 6.47. The number of pyridine rings is 1. The third kappa shape index (κ3) is 2.76. The van der Waals surface area contributed by atoms with Crippen LogP contribution in [-0.4, -0.2) is 11.1 Å². The van der Waals surface area contributed by atoms with Gasteiger partial charge in [-0.2, -0.15) is 5.26 Å². The summed E-state index contributed by atoms with van der Waals surface area (Å²) < 4.78 is 5.94. The van der Waals surface area contributed by atoms with Crippen LogP contribution < -0.4 is 4.74 Å². The average Bonchev–Trinajstić information content (AvgIpc) is 2.42. The molecule has 18 heavy (non-hydrogen) atoms. The van der Waals surface area contributed by atoms with Crippen LogP contribution in [0.1, 0.15) is 44.6 Å². The molecule has 0 spiro atoms. The summed E-state index contributed by atoms with van der Waals surface area (Å²) in [6.45, 7) is 2.19. The Morgan fingerprint density at radius 3 is 3.00 bits per heavy atom. The number of hydrogen-bond acceptors (Lipinski definition) is 3. The van der Waals surface area contributed by atoms with Crippen molar-refractivity contribution in [2.24, 2.45) is 5.92 Å². The van der Waals surface area contributed by atoms with E-state index in [0.29, 0.717) is 22.4 Å². The molecule has 2 unspecified atom stereocenters. The van der Waals surface area contributed by atoms with Crippen molar-refractivity contribution >= 4 is 11.6 Å². The molecule has 1 aliphatic rings. The van der Waals surface area contributed by atoms with Gasteiger partial charge in [-0.15, -0.1) is 0 Å². The van der Waals surface area contributed by atoms with Crippen LogP contribution in [0, 0.1) is 17.2 Å². The zero-order chi connectivity index (χ0) is 13.0. The molecule has 0 bridgehead atoms. The Kier molecular flexibility index (Phi) is 4.43. The van der Waals surface area contributed by atoms with Crippen molar-refractivity contribution in [1.29, 1.82) is 5.26 Å². The van der Waals surface area contributed by atoms with Crippen LogP contribution in [0.3, 0.4) is 0 Å². The van der Waals surface area contributed by atoms with Gasteiger partial charge in [0.25, 0.3) is 0 Å². The number of ether oxygens (including phenoxy) is 1. The molecular formula is C14H17ClN2O. The van der Waals surface area contributed by atoms with E-state index in [1.54, 1.807) is 12.3 Å². The van der Waals surface area contributed by atoms with Crippen molar-refractivity contribution in [3.8, 4) is 11.9 Å². The van der Waals surface area contributed by atoms with Gasteiger partial charge in [0.2, 0.25) is 5.88 Å². The lowest BCUT2D eigenvalue weighted by Gasteiger charge is -2.31. The zero-order valence-corrected chi connectivity index (χ0v) is 11.3. The van der Waals surface area contributed by atoms with Crippen molar-refractivity contribution in [2.45, 2.75) is 45.1 Å². The maximum atomic E-state index is 8.93. The quantitative estimate of drug-likeness (QED) is 0.830. The van der Waals surface area contributed by atoms with Crippen LogP contribution in [-0.2, 0) is 0 Å². The topological polar surface area (TPSA) is 45.9 Å². The molecule has 2 rings (SSSR count). The highest BCUT2D eigenvalue weighted by molar-refractivity contribution is 6.32. The SMILES string of the molecule is CCC1CCCCC1Oc1nccc(C#N)c1Cl. The van der Waals surface area contributed by atoms with E-state index in [1.165, 1.54) is 19.3 Å². The minimum Gasteiger partial charge on any atom is -0.473 e. The molecule has 1 aromatic rings. The summed E-state index contributed by atoms with van der Waals surface area (Å²) in [7, 11) is 0. The third-order valence-electron chi connectivity index (χ3n) is 3.60. The first-order valence-corrected chi connectivity index (χ1v) is 6.85. The summed E-state index contributed by atoms with van der Waals surface area (Å²) in [6, 6.07) is 3.65. The van der Waals surface area contributed by atoms with Gasteiger partial charge in [0, 0.05) is 6.20 Å². The van der Waals surface area contributed by atoms with Crippen LogP contribution in [0.5, 0.6) is 5.88 Å². The second-order valence-electron chi connectivity index (χ2n) is 4.70. The minimum atomic E-state index is 0.183. The van der Waals surface area contributed by atoms with Gasteiger partial charge in [-0.05, 0) is 37.7 Å². The molecule has 1 heterocycles. The first-order chi connectivity index (χ1) is 8.76. The first kappa shape index (κ1) is 13.2. The van der Waals surface area contributed by atoms with Gasteiger partial charge in [0.05, 0.1) is 5.56 Å². The van der Waals surface area contributed by atoms with Gasteiger partial charge in [0.15, 0.2) is 0 Å². The predicted octanol–water partition coefficient (Wildman–Crippen LogP) is 3.95. The lowest BCUT2D eigenvalue weighted by molar-refractivity contribution is 0.0859. The Balaban J connectivity index is 2.15. The lowest BCUT2D eigenvalue weighted by Crippen LogP contribution is -2.30. The van der Waals surface area contributed by atoms with Gasteiger partial charge >= 0.3 is 0 Å². The summed E-state index contributed by atoms with van der Waals surface area (Å²) in [5, 5.41) is 9.26. The predicted molar refractivity (Wildman–Crippen MR) is 70.6 cm³/mol. The molecule has 0 saturated heterocycles. The second kappa shape index (κ2) is 6.06. The Morgan fingerprint density at radius 2 is 2.28 bits per heavy atom. The van der Waals surface area contributed by atoms with Crippen LogP contribution in [0.2, 0.25) is 5.02 Å². The highest BCUT2D eigenvalue weighted by Gasteiger charge is 2.26. The molecule has 0 aromatic carbocycles. The van der Waals surface area contributed by atoms with E-state index in [9.17, 15) is 0 Å². The van der Waals surface area contributed by atoms with Crippen molar-refractivity contribution in [3.63, 3.8) is 0 Å². The molecule has 3 nitrogen and oxygen atoms in total. The minimum absolute atomic E-state index is 0.183.